The Labute approximate surface area is 115 Å². The van der Waals surface area contributed by atoms with Gasteiger partial charge in [0.15, 0.2) is 0 Å². The molecule has 0 spiro atoms. The van der Waals surface area contributed by atoms with E-state index < -0.39 is 5.41 Å². The number of halogens is 1. The summed E-state index contributed by atoms with van der Waals surface area (Å²) in [6, 6.07) is 0. The normalized spacial score (nSPS) is 17.8. The average molecular weight is 276 g/mol. The van der Waals surface area contributed by atoms with E-state index in [0.29, 0.717) is 12.8 Å². The van der Waals surface area contributed by atoms with Crippen LogP contribution in [0.1, 0.15) is 59.8 Å². The van der Waals surface area contributed by atoms with Crippen LogP contribution in [0, 0.1) is 17.3 Å². The van der Waals surface area contributed by atoms with Gasteiger partial charge in [-0.15, -0.1) is 0 Å². The lowest BCUT2D eigenvalue weighted by atomic mass is 9.72. The highest BCUT2D eigenvalue weighted by Crippen LogP contribution is 2.36. The number of hydrogen-bond donors (Lipinski definition) is 1. The zero-order valence-electron chi connectivity index (χ0n) is 12.0. The SMILES string of the molecule is CCCC(C(=O)Cl)C(CC)CC(C)(CC)C(N)=O. The van der Waals surface area contributed by atoms with Crippen LogP contribution in [-0.4, -0.2) is 11.1 Å². The van der Waals surface area contributed by atoms with Crippen LogP contribution in [-0.2, 0) is 9.59 Å². The second-order valence-electron chi connectivity index (χ2n) is 5.35. The van der Waals surface area contributed by atoms with Gasteiger partial charge in [-0.1, -0.05) is 40.5 Å². The van der Waals surface area contributed by atoms with Crippen molar-refractivity contribution in [3.05, 3.63) is 0 Å². The van der Waals surface area contributed by atoms with Crippen LogP contribution in [0.15, 0.2) is 0 Å². The van der Waals surface area contributed by atoms with Crippen LogP contribution in [0.3, 0.4) is 0 Å². The minimum Gasteiger partial charge on any atom is -0.369 e. The second-order valence-corrected chi connectivity index (χ2v) is 5.72. The van der Waals surface area contributed by atoms with Crippen LogP contribution in [0.2, 0.25) is 0 Å². The molecule has 0 aromatic rings. The maximum atomic E-state index is 11.6. The molecule has 4 heteroatoms. The summed E-state index contributed by atoms with van der Waals surface area (Å²) in [7, 11) is 0. The molecule has 0 aromatic carbocycles. The second kappa shape index (κ2) is 7.78. The first-order valence-electron chi connectivity index (χ1n) is 6.81. The van der Waals surface area contributed by atoms with Gasteiger partial charge in [0.05, 0.1) is 0 Å². The lowest BCUT2D eigenvalue weighted by Gasteiger charge is -2.32. The predicted octanol–water partition coefficient (Wildman–Crippen LogP) is 3.49. The van der Waals surface area contributed by atoms with Crippen molar-refractivity contribution < 1.29 is 9.59 Å². The van der Waals surface area contributed by atoms with Crippen LogP contribution in [0.4, 0.5) is 0 Å². The molecule has 1 amide bonds. The Bertz CT molecular complexity index is 294. The Hall–Kier alpha value is -0.570. The van der Waals surface area contributed by atoms with Crippen molar-refractivity contribution in [1.29, 1.82) is 0 Å². The minimum absolute atomic E-state index is 0.132. The maximum absolute atomic E-state index is 11.6. The molecule has 0 saturated carbocycles. The summed E-state index contributed by atoms with van der Waals surface area (Å²) in [5.74, 6) is -0.319. The molecule has 3 atom stereocenters. The fourth-order valence-corrected chi connectivity index (χ4v) is 2.70. The van der Waals surface area contributed by atoms with Crippen molar-refractivity contribution >= 4 is 22.8 Å². The van der Waals surface area contributed by atoms with Gasteiger partial charge in [-0.3, -0.25) is 9.59 Å². The minimum atomic E-state index is -0.543. The van der Waals surface area contributed by atoms with Crippen LogP contribution >= 0.6 is 11.6 Å². The van der Waals surface area contributed by atoms with Gasteiger partial charge in [-0.2, -0.15) is 0 Å². The van der Waals surface area contributed by atoms with E-state index in [1.54, 1.807) is 0 Å². The summed E-state index contributed by atoms with van der Waals surface area (Å²) in [6.45, 7) is 7.89. The van der Waals surface area contributed by atoms with Crippen molar-refractivity contribution in [3.63, 3.8) is 0 Å². The summed E-state index contributed by atoms with van der Waals surface area (Å²) in [4.78, 5) is 23.1. The molecule has 3 unspecified atom stereocenters. The molecular weight excluding hydrogens is 250 g/mol. The van der Waals surface area contributed by atoms with Crippen molar-refractivity contribution in [3.8, 4) is 0 Å². The van der Waals surface area contributed by atoms with Gasteiger partial charge in [-0.25, -0.2) is 0 Å². The van der Waals surface area contributed by atoms with Crippen molar-refractivity contribution in [2.45, 2.75) is 59.8 Å². The van der Waals surface area contributed by atoms with E-state index in [4.69, 9.17) is 17.3 Å². The molecule has 0 radical (unpaired) electrons. The molecule has 0 fully saturated rings. The quantitative estimate of drug-likeness (QED) is 0.655. The fraction of sp³-hybridized carbons (Fsp3) is 0.857. The van der Waals surface area contributed by atoms with Crippen molar-refractivity contribution in [1.82, 2.24) is 0 Å². The number of carbonyl (C=O) groups is 2. The van der Waals surface area contributed by atoms with Crippen LogP contribution < -0.4 is 5.73 Å². The van der Waals surface area contributed by atoms with Crippen LogP contribution in [0.5, 0.6) is 0 Å². The molecule has 0 saturated heterocycles. The number of rotatable bonds is 9. The number of primary amides is 1. The Morgan fingerprint density at radius 2 is 1.83 bits per heavy atom. The van der Waals surface area contributed by atoms with Gasteiger partial charge >= 0.3 is 0 Å². The topological polar surface area (TPSA) is 60.2 Å². The molecule has 0 aliphatic carbocycles. The van der Waals surface area contributed by atoms with E-state index in [0.717, 1.165) is 19.3 Å². The third-order valence-corrected chi connectivity index (χ3v) is 4.35. The fourth-order valence-electron chi connectivity index (χ4n) is 2.41. The van der Waals surface area contributed by atoms with Gasteiger partial charge in [0.25, 0.3) is 0 Å². The number of carbonyl (C=O) groups excluding carboxylic acids is 2. The first kappa shape index (κ1) is 17.4. The van der Waals surface area contributed by atoms with E-state index in [-0.39, 0.29) is 23.0 Å². The average Bonchev–Trinajstić information content (AvgIpc) is 2.32. The zero-order chi connectivity index (χ0) is 14.3. The number of amides is 1. The summed E-state index contributed by atoms with van der Waals surface area (Å²) >= 11 is 5.69. The number of hydrogen-bond acceptors (Lipinski definition) is 2. The first-order chi connectivity index (χ1) is 8.32. The monoisotopic (exact) mass is 275 g/mol. The third kappa shape index (κ3) is 4.60. The molecule has 0 aromatic heterocycles. The highest BCUT2D eigenvalue weighted by molar-refractivity contribution is 6.64. The molecule has 0 bridgehead atoms. The molecule has 0 aliphatic rings. The molecule has 3 nitrogen and oxygen atoms in total. The summed E-state index contributed by atoms with van der Waals surface area (Å²) < 4.78 is 0. The Kier molecular flexibility index (Phi) is 7.53. The highest BCUT2D eigenvalue weighted by atomic mass is 35.5. The summed E-state index contributed by atoms with van der Waals surface area (Å²) in [5.41, 5.74) is 4.94. The van der Waals surface area contributed by atoms with E-state index in [1.165, 1.54) is 0 Å². The number of nitrogens with two attached hydrogens (primary N) is 1. The Morgan fingerprint density at radius 3 is 2.11 bits per heavy atom. The molecule has 2 N–H and O–H groups in total. The predicted molar refractivity (Wildman–Crippen MR) is 75.2 cm³/mol. The van der Waals surface area contributed by atoms with E-state index in [2.05, 4.69) is 0 Å². The van der Waals surface area contributed by atoms with Gasteiger partial charge in [0.2, 0.25) is 11.1 Å². The summed E-state index contributed by atoms with van der Waals surface area (Å²) in [6.07, 6.45) is 3.86. The lowest BCUT2D eigenvalue weighted by Crippen LogP contribution is -2.37. The maximum Gasteiger partial charge on any atom is 0.224 e. The molecule has 106 valence electrons. The van der Waals surface area contributed by atoms with Gasteiger partial charge in [0.1, 0.15) is 0 Å². The molecule has 18 heavy (non-hydrogen) atoms. The largest absolute Gasteiger partial charge is 0.369 e. The smallest absolute Gasteiger partial charge is 0.224 e. The van der Waals surface area contributed by atoms with Gasteiger partial charge in [-0.05, 0) is 36.8 Å². The van der Waals surface area contributed by atoms with Crippen molar-refractivity contribution in [2.75, 3.05) is 0 Å². The first-order valence-corrected chi connectivity index (χ1v) is 7.19. The third-order valence-electron chi connectivity index (χ3n) is 4.07. The lowest BCUT2D eigenvalue weighted by molar-refractivity contribution is -0.129. The van der Waals surface area contributed by atoms with Crippen LogP contribution in [0.25, 0.3) is 0 Å². The summed E-state index contributed by atoms with van der Waals surface area (Å²) in [5, 5.41) is -0.286. The van der Waals surface area contributed by atoms with E-state index in [1.807, 2.05) is 27.7 Å². The van der Waals surface area contributed by atoms with Crippen molar-refractivity contribution in [2.24, 2.45) is 23.0 Å². The Balaban J connectivity index is 4.96. The van der Waals surface area contributed by atoms with Gasteiger partial charge in [0, 0.05) is 11.3 Å². The molecular formula is C14H26ClNO2. The highest BCUT2D eigenvalue weighted by Gasteiger charge is 2.36. The molecule has 0 aliphatic heterocycles. The standard InChI is InChI=1S/C14H26ClNO2/c1-5-8-11(12(15)17)10(6-2)9-14(4,7-3)13(16)18/h10-11H,5-9H2,1-4H3,(H2,16,18). The zero-order valence-corrected chi connectivity index (χ0v) is 12.7. The Morgan fingerprint density at radius 1 is 1.28 bits per heavy atom. The van der Waals surface area contributed by atoms with E-state index in [9.17, 15) is 9.59 Å². The van der Waals surface area contributed by atoms with E-state index >= 15 is 0 Å². The van der Waals surface area contributed by atoms with Gasteiger partial charge < -0.3 is 5.73 Å². The molecule has 0 heterocycles. The molecule has 0 rings (SSSR count).